The van der Waals surface area contributed by atoms with Gasteiger partial charge in [-0.1, -0.05) is 32.0 Å². The van der Waals surface area contributed by atoms with Crippen LogP contribution in [0.4, 0.5) is 5.69 Å². The van der Waals surface area contributed by atoms with Gasteiger partial charge in [-0.3, -0.25) is 10.1 Å². The number of para-hydroxylation sites is 1. The highest BCUT2D eigenvalue weighted by molar-refractivity contribution is 5.39. The second-order valence-electron chi connectivity index (χ2n) is 3.82. The van der Waals surface area contributed by atoms with Gasteiger partial charge in [0, 0.05) is 11.6 Å². The van der Waals surface area contributed by atoms with Gasteiger partial charge in [0.15, 0.2) is 0 Å². The summed E-state index contributed by atoms with van der Waals surface area (Å²) in [5, 5.41) is 10.7. The van der Waals surface area contributed by atoms with Crippen molar-refractivity contribution in [3.8, 4) is 0 Å². The van der Waals surface area contributed by atoms with Crippen LogP contribution < -0.4 is 0 Å². The first kappa shape index (κ1) is 10.7. The molecule has 3 heteroatoms. The molecule has 0 aromatic heterocycles. The summed E-state index contributed by atoms with van der Waals surface area (Å²) in [4.78, 5) is 10.4. The molecule has 0 spiro atoms. The van der Waals surface area contributed by atoms with E-state index in [4.69, 9.17) is 0 Å². The van der Waals surface area contributed by atoms with E-state index in [1.54, 1.807) is 12.1 Å². The van der Waals surface area contributed by atoms with Gasteiger partial charge in [0.05, 0.1) is 4.92 Å². The topological polar surface area (TPSA) is 43.1 Å². The number of nitro benzene ring substituents is 1. The zero-order chi connectivity index (χ0) is 10.6. The summed E-state index contributed by atoms with van der Waals surface area (Å²) >= 11 is 0. The van der Waals surface area contributed by atoms with Crippen LogP contribution in [0.5, 0.6) is 0 Å². The van der Waals surface area contributed by atoms with Crippen LogP contribution in [-0.4, -0.2) is 4.92 Å². The van der Waals surface area contributed by atoms with Crippen LogP contribution in [0.1, 0.15) is 25.8 Å². The van der Waals surface area contributed by atoms with Gasteiger partial charge in [-0.15, -0.1) is 0 Å². The summed E-state index contributed by atoms with van der Waals surface area (Å²) in [6.45, 7) is 4.24. The smallest absolute Gasteiger partial charge is 0.258 e. The molecular formula is C11H15NO2. The summed E-state index contributed by atoms with van der Waals surface area (Å²) in [6.07, 6.45) is 1.78. The van der Waals surface area contributed by atoms with E-state index >= 15 is 0 Å². The summed E-state index contributed by atoms with van der Waals surface area (Å²) in [5.74, 6) is 0.579. The molecule has 1 aromatic carbocycles. The highest BCUT2D eigenvalue weighted by atomic mass is 16.6. The van der Waals surface area contributed by atoms with E-state index in [2.05, 4.69) is 13.8 Å². The molecule has 0 amide bonds. The van der Waals surface area contributed by atoms with Gasteiger partial charge in [-0.25, -0.2) is 0 Å². The minimum Gasteiger partial charge on any atom is -0.258 e. The van der Waals surface area contributed by atoms with E-state index in [0.29, 0.717) is 5.92 Å². The molecule has 0 saturated carbocycles. The Morgan fingerprint density at radius 1 is 1.36 bits per heavy atom. The molecule has 0 heterocycles. The molecule has 1 aromatic rings. The summed E-state index contributed by atoms with van der Waals surface area (Å²) in [7, 11) is 0. The Balaban J connectivity index is 2.79. The molecule has 0 aliphatic carbocycles. The van der Waals surface area contributed by atoms with Gasteiger partial charge >= 0.3 is 0 Å². The van der Waals surface area contributed by atoms with Gasteiger partial charge < -0.3 is 0 Å². The fraction of sp³-hybridized carbons (Fsp3) is 0.455. The zero-order valence-electron chi connectivity index (χ0n) is 8.56. The molecule has 0 radical (unpaired) electrons. The number of hydrogen-bond donors (Lipinski definition) is 0. The van der Waals surface area contributed by atoms with Crippen LogP contribution in [-0.2, 0) is 6.42 Å². The van der Waals surface area contributed by atoms with Crippen molar-refractivity contribution in [2.75, 3.05) is 0 Å². The molecule has 0 atom stereocenters. The van der Waals surface area contributed by atoms with Crippen LogP contribution in [0, 0.1) is 16.0 Å². The third kappa shape index (κ3) is 2.83. The van der Waals surface area contributed by atoms with Crippen molar-refractivity contribution in [3.63, 3.8) is 0 Å². The third-order valence-corrected chi connectivity index (χ3v) is 2.18. The highest BCUT2D eigenvalue weighted by Gasteiger charge is 2.11. The molecular weight excluding hydrogens is 178 g/mol. The monoisotopic (exact) mass is 193 g/mol. The van der Waals surface area contributed by atoms with Gasteiger partial charge in [-0.05, 0) is 18.8 Å². The number of aryl methyl sites for hydroxylation is 1. The van der Waals surface area contributed by atoms with Crippen LogP contribution >= 0.6 is 0 Å². The molecule has 0 N–H and O–H groups in total. The largest absolute Gasteiger partial charge is 0.272 e. The molecule has 0 aliphatic rings. The van der Waals surface area contributed by atoms with Crippen molar-refractivity contribution in [2.24, 2.45) is 5.92 Å². The third-order valence-electron chi connectivity index (χ3n) is 2.18. The Kier molecular flexibility index (Phi) is 3.63. The standard InChI is InChI=1S/C11H15NO2/c1-9(2)7-8-10-5-3-4-6-11(10)12(13)14/h3-6,9H,7-8H2,1-2H3. The maximum atomic E-state index is 10.7. The van der Waals surface area contributed by atoms with Crippen LogP contribution in [0.2, 0.25) is 0 Å². The first-order valence-corrected chi connectivity index (χ1v) is 4.83. The molecule has 0 bridgehead atoms. The number of nitrogens with zero attached hydrogens (tertiary/aromatic N) is 1. The lowest BCUT2D eigenvalue weighted by Crippen LogP contribution is -1.97. The maximum absolute atomic E-state index is 10.7. The number of nitro groups is 1. The van der Waals surface area contributed by atoms with Crippen molar-refractivity contribution in [1.82, 2.24) is 0 Å². The fourth-order valence-electron chi connectivity index (χ4n) is 1.34. The summed E-state index contributed by atoms with van der Waals surface area (Å²) < 4.78 is 0. The Bertz CT molecular complexity index is 321. The van der Waals surface area contributed by atoms with E-state index in [9.17, 15) is 10.1 Å². The molecule has 76 valence electrons. The predicted octanol–water partition coefficient (Wildman–Crippen LogP) is 3.18. The molecule has 0 saturated heterocycles. The molecule has 14 heavy (non-hydrogen) atoms. The molecule has 1 rings (SSSR count). The molecule has 0 fully saturated rings. The lowest BCUT2D eigenvalue weighted by atomic mass is 10.0. The van der Waals surface area contributed by atoms with Gasteiger partial charge in [0.25, 0.3) is 5.69 Å². The van der Waals surface area contributed by atoms with Crippen LogP contribution in [0.15, 0.2) is 24.3 Å². The van der Waals surface area contributed by atoms with Gasteiger partial charge in [0.2, 0.25) is 0 Å². The van der Waals surface area contributed by atoms with Crippen molar-refractivity contribution in [1.29, 1.82) is 0 Å². The SMILES string of the molecule is CC(C)CCc1ccccc1[N+](=O)[O-]. The van der Waals surface area contributed by atoms with E-state index in [0.717, 1.165) is 18.4 Å². The lowest BCUT2D eigenvalue weighted by Gasteiger charge is -2.04. The quantitative estimate of drug-likeness (QED) is 0.544. The summed E-state index contributed by atoms with van der Waals surface area (Å²) in [6, 6.07) is 6.95. The van der Waals surface area contributed by atoms with E-state index in [-0.39, 0.29) is 10.6 Å². The highest BCUT2D eigenvalue weighted by Crippen LogP contribution is 2.20. The average Bonchev–Trinajstić information content (AvgIpc) is 2.15. The van der Waals surface area contributed by atoms with Crippen molar-refractivity contribution < 1.29 is 4.92 Å². The zero-order valence-corrected chi connectivity index (χ0v) is 8.56. The number of benzene rings is 1. The normalized spacial score (nSPS) is 10.5. The molecule has 0 unspecified atom stereocenters. The lowest BCUT2D eigenvalue weighted by molar-refractivity contribution is -0.385. The van der Waals surface area contributed by atoms with Crippen molar-refractivity contribution in [2.45, 2.75) is 26.7 Å². The molecule has 3 nitrogen and oxygen atoms in total. The second kappa shape index (κ2) is 4.74. The van der Waals surface area contributed by atoms with E-state index in [1.165, 1.54) is 0 Å². The minimum absolute atomic E-state index is 0.244. The summed E-state index contributed by atoms with van der Waals surface area (Å²) in [5.41, 5.74) is 1.08. The minimum atomic E-state index is -0.310. The number of hydrogen-bond acceptors (Lipinski definition) is 2. The van der Waals surface area contributed by atoms with Crippen LogP contribution in [0.25, 0.3) is 0 Å². The van der Waals surface area contributed by atoms with Gasteiger partial charge in [0.1, 0.15) is 0 Å². The first-order valence-electron chi connectivity index (χ1n) is 4.83. The van der Waals surface area contributed by atoms with Crippen LogP contribution in [0.3, 0.4) is 0 Å². The predicted molar refractivity (Wildman–Crippen MR) is 56.3 cm³/mol. The Morgan fingerprint density at radius 2 is 2.00 bits per heavy atom. The number of rotatable bonds is 4. The van der Waals surface area contributed by atoms with Gasteiger partial charge in [-0.2, -0.15) is 0 Å². The Labute approximate surface area is 83.9 Å². The van der Waals surface area contributed by atoms with E-state index < -0.39 is 0 Å². The Morgan fingerprint density at radius 3 is 2.57 bits per heavy atom. The Hall–Kier alpha value is -1.38. The second-order valence-corrected chi connectivity index (χ2v) is 3.82. The average molecular weight is 193 g/mol. The van der Waals surface area contributed by atoms with Crippen molar-refractivity contribution in [3.05, 3.63) is 39.9 Å². The maximum Gasteiger partial charge on any atom is 0.272 e. The van der Waals surface area contributed by atoms with Crippen molar-refractivity contribution >= 4 is 5.69 Å². The first-order chi connectivity index (χ1) is 6.61. The molecule has 0 aliphatic heterocycles. The van der Waals surface area contributed by atoms with E-state index in [1.807, 2.05) is 12.1 Å². The fourth-order valence-corrected chi connectivity index (χ4v) is 1.34.